The zero-order chi connectivity index (χ0) is 20.7. The summed E-state index contributed by atoms with van der Waals surface area (Å²) in [7, 11) is -3.36. The zero-order valence-corrected chi connectivity index (χ0v) is 17.7. The number of amides is 1. The predicted molar refractivity (Wildman–Crippen MR) is 116 cm³/mol. The molecule has 1 heterocycles. The fourth-order valence-corrected chi connectivity index (χ4v) is 5.10. The molecule has 1 aromatic heterocycles. The lowest BCUT2D eigenvalue weighted by molar-refractivity contribution is -0.115. The number of nitrogens with one attached hydrogen (secondary N) is 1. The topological polar surface area (TPSA) is 89.0 Å². The first-order valence-electron chi connectivity index (χ1n) is 9.33. The number of hydrogen-bond donors (Lipinski definition) is 1. The Bertz CT molecular complexity index is 1040. The van der Waals surface area contributed by atoms with Crippen molar-refractivity contribution in [1.29, 1.82) is 0 Å². The van der Waals surface area contributed by atoms with Crippen LogP contribution in [0.3, 0.4) is 0 Å². The smallest absolute Gasteiger partial charge is 0.227 e. The number of aromatic nitrogens is 2. The van der Waals surface area contributed by atoms with Gasteiger partial charge in [0.1, 0.15) is 5.01 Å². The first-order valence-corrected chi connectivity index (χ1v) is 12.0. The second-order valence-corrected chi connectivity index (χ2v) is 10.1. The van der Waals surface area contributed by atoms with Crippen LogP contribution in [0.15, 0.2) is 60.7 Å². The van der Waals surface area contributed by atoms with E-state index in [1.807, 2.05) is 24.3 Å². The molecule has 0 spiro atoms. The van der Waals surface area contributed by atoms with E-state index in [9.17, 15) is 13.2 Å². The predicted octanol–water partition coefficient (Wildman–Crippen LogP) is 3.83. The third-order valence-corrected chi connectivity index (χ3v) is 6.89. The second-order valence-electron chi connectivity index (χ2n) is 6.89. The van der Waals surface area contributed by atoms with E-state index in [-0.39, 0.29) is 29.8 Å². The Labute approximate surface area is 174 Å². The van der Waals surface area contributed by atoms with E-state index in [2.05, 4.69) is 34.6 Å². The van der Waals surface area contributed by atoms with Crippen LogP contribution in [0.25, 0.3) is 0 Å². The molecule has 2 aromatic carbocycles. The minimum atomic E-state index is -3.36. The number of anilines is 1. The van der Waals surface area contributed by atoms with E-state index in [0.717, 1.165) is 11.4 Å². The summed E-state index contributed by atoms with van der Waals surface area (Å²) in [5, 5.41) is 12.0. The quantitative estimate of drug-likeness (QED) is 0.558. The van der Waals surface area contributed by atoms with E-state index in [1.54, 1.807) is 24.3 Å². The number of benzene rings is 2. The molecule has 3 rings (SSSR count). The summed E-state index contributed by atoms with van der Waals surface area (Å²) >= 11 is 1.32. The molecule has 0 saturated carbocycles. The summed E-state index contributed by atoms with van der Waals surface area (Å²) in [5.41, 5.74) is 1.94. The lowest BCUT2D eigenvalue weighted by Gasteiger charge is -2.08. The van der Waals surface area contributed by atoms with Gasteiger partial charge < -0.3 is 5.32 Å². The van der Waals surface area contributed by atoms with Crippen molar-refractivity contribution in [3.8, 4) is 0 Å². The minimum absolute atomic E-state index is 0.0680. The minimum Gasteiger partial charge on any atom is -0.301 e. The number of sulfone groups is 1. The standard InChI is InChI=1S/C21H23N3O3S2/c1-16(18-10-6-3-7-11-18)14-20-23-24-21(28-20)22-19(25)12-13-29(26,27)15-17-8-4-2-5-9-17/h2-11,16H,12-15H2,1H3,(H,22,24,25). The molecule has 8 heteroatoms. The van der Waals surface area contributed by atoms with Crippen LogP contribution in [-0.2, 0) is 26.8 Å². The van der Waals surface area contributed by atoms with Crippen molar-refractivity contribution in [1.82, 2.24) is 10.2 Å². The number of carbonyl (C=O) groups excluding carboxylic acids is 1. The van der Waals surface area contributed by atoms with Crippen molar-refractivity contribution in [3.63, 3.8) is 0 Å². The van der Waals surface area contributed by atoms with Crippen LogP contribution < -0.4 is 5.32 Å². The number of carbonyl (C=O) groups is 1. The highest BCUT2D eigenvalue weighted by Gasteiger charge is 2.16. The molecule has 29 heavy (non-hydrogen) atoms. The maximum atomic E-state index is 12.2. The molecular formula is C21H23N3O3S2. The Balaban J connectivity index is 1.48. The Morgan fingerprint density at radius 3 is 2.38 bits per heavy atom. The monoisotopic (exact) mass is 429 g/mol. The third-order valence-electron chi connectivity index (χ3n) is 4.43. The number of nitrogens with zero attached hydrogens (tertiary/aromatic N) is 2. The van der Waals surface area contributed by atoms with E-state index in [4.69, 9.17) is 0 Å². The van der Waals surface area contributed by atoms with Gasteiger partial charge in [-0.2, -0.15) is 0 Å². The van der Waals surface area contributed by atoms with Crippen LogP contribution in [0.5, 0.6) is 0 Å². The molecule has 1 amide bonds. The third kappa shape index (κ3) is 6.76. The van der Waals surface area contributed by atoms with Crippen LogP contribution in [-0.4, -0.2) is 30.3 Å². The van der Waals surface area contributed by atoms with Gasteiger partial charge in [0.05, 0.1) is 11.5 Å². The van der Waals surface area contributed by atoms with Gasteiger partial charge in [0, 0.05) is 12.8 Å². The van der Waals surface area contributed by atoms with Gasteiger partial charge >= 0.3 is 0 Å². The summed E-state index contributed by atoms with van der Waals surface area (Å²) in [4.78, 5) is 12.1. The fourth-order valence-electron chi connectivity index (χ4n) is 2.88. The van der Waals surface area contributed by atoms with E-state index >= 15 is 0 Å². The van der Waals surface area contributed by atoms with Gasteiger partial charge in [-0.1, -0.05) is 78.9 Å². The van der Waals surface area contributed by atoms with Crippen LogP contribution in [0.4, 0.5) is 5.13 Å². The largest absolute Gasteiger partial charge is 0.301 e. The molecule has 0 saturated heterocycles. The number of rotatable bonds is 9. The van der Waals surface area contributed by atoms with E-state index in [1.165, 1.54) is 16.9 Å². The Morgan fingerprint density at radius 1 is 1.03 bits per heavy atom. The molecule has 0 aliphatic heterocycles. The molecule has 1 N–H and O–H groups in total. The van der Waals surface area contributed by atoms with E-state index in [0.29, 0.717) is 10.7 Å². The average molecular weight is 430 g/mol. The molecule has 1 unspecified atom stereocenters. The Kier molecular flexibility index (Phi) is 7.11. The van der Waals surface area contributed by atoms with Crippen molar-refractivity contribution in [2.24, 2.45) is 0 Å². The summed E-state index contributed by atoms with van der Waals surface area (Å²) in [5.74, 6) is -0.359. The lowest BCUT2D eigenvalue weighted by Crippen LogP contribution is -2.18. The first-order chi connectivity index (χ1) is 13.9. The van der Waals surface area contributed by atoms with Crippen LogP contribution in [0.1, 0.15) is 35.4 Å². The second kappa shape index (κ2) is 9.76. The molecule has 0 radical (unpaired) electrons. The Hall–Kier alpha value is -2.58. The van der Waals surface area contributed by atoms with Gasteiger partial charge in [-0.05, 0) is 17.0 Å². The highest BCUT2D eigenvalue weighted by atomic mass is 32.2. The number of hydrogen-bond acceptors (Lipinski definition) is 6. The summed E-state index contributed by atoms with van der Waals surface area (Å²) in [6.07, 6.45) is 0.619. The lowest BCUT2D eigenvalue weighted by atomic mass is 9.98. The van der Waals surface area contributed by atoms with Crippen molar-refractivity contribution in [2.75, 3.05) is 11.1 Å². The van der Waals surface area contributed by atoms with Crippen molar-refractivity contribution < 1.29 is 13.2 Å². The summed E-state index contributed by atoms with van der Waals surface area (Å²) in [6.45, 7) is 2.12. The molecular weight excluding hydrogens is 406 g/mol. The zero-order valence-electron chi connectivity index (χ0n) is 16.1. The van der Waals surface area contributed by atoms with Crippen molar-refractivity contribution >= 4 is 32.2 Å². The van der Waals surface area contributed by atoms with Crippen molar-refractivity contribution in [3.05, 3.63) is 76.8 Å². The summed E-state index contributed by atoms with van der Waals surface area (Å²) in [6, 6.07) is 19.1. The molecule has 0 bridgehead atoms. The molecule has 0 aliphatic rings. The van der Waals surface area contributed by atoms with E-state index < -0.39 is 9.84 Å². The normalized spacial score (nSPS) is 12.4. The molecule has 152 valence electrons. The maximum absolute atomic E-state index is 12.2. The van der Waals surface area contributed by atoms with Crippen molar-refractivity contribution in [2.45, 2.75) is 31.4 Å². The average Bonchev–Trinajstić information content (AvgIpc) is 3.14. The SMILES string of the molecule is CC(Cc1nnc(NC(=O)CCS(=O)(=O)Cc2ccccc2)s1)c1ccccc1. The maximum Gasteiger partial charge on any atom is 0.227 e. The van der Waals surface area contributed by atoms with Crippen LogP contribution >= 0.6 is 11.3 Å². The van der Waals surface area contributed by atoms with Crippen LogP contribution in [0, 0.1) is 0 Å². The first kappa shape index (κ1) is 21.1. The van der Waals surface area contributed by atoms with Gasteiger partial charge in [0.15, 0.2) is 9.84 Å². The van der Waals surface area contributed by atoms with Gasteiger partial charge in [-0.15, -0.1) is 10.2 Å². The highest BCUT2D eigenvalue weighted by Crippen LogP contribution is 2.24. The molecule has 0 aliphatic carbocycles. The van der Waals surface area contributed by atoms with Crippen LogP contribution in [0.2, 0.25) is 0 Å². The highest BCUT2D eigenvalue weighted by molar-refractivity contribution is 7.90. The molecule has 0 fully saturated rings. The van der Waals surface area contributed by atoms with Gasteiger partial charge in [0.25, 0.3) is 0 Å². The van der Waals surface area contributed by atoms with Gasteiger partial charge in [0.2, 0.25) is 11.0 Å². The van der Waals surface area contributed by atoms with Gasteiger partial charge in [-0.25, -0.2) is 8.42 Å². The molecule has 3 aromatic rings. The summed E-state index contributed by atoms with van der Waals surface area (Å²) < 4.78 is 24.4. The fraction of sp³-hybridized carbons (Fsp3) is 0.286. The Morgan fingerprint density at radius 2 is 1.69 bits per heavy atom. The molecule has 1 atom stereocenters. The molecule has 6 nitrogen and oxygen atoms in total. The van der Waals surface area contributed by atoms with Gasteiger partial charge in [-0.3, -0.25) is 4.79 Å².